The van der Waals surface area contributed by atoms with E-state index in [0.29, 0.717) is 13.0 Å². The molecule has 3 N–H and O–H groups in total. The van der Waals surface area contributed by atoms with Crippen molar-refractivity contribution in [2.24, 2.45) is 5.92 Å². The maximum atomic E-state index is 12.4. The molecule has 0 bridgehead atoms. The fraction of sp³-hybridized carbons (Fsp3) is 0.846. The minimum atomic E-state index is -0.533. The van der Waals surface area contributed by atoms with Gasteiger partial charge in [0.25, 0.3) is 0 Å². The summed E-state index contributed by atoms with van der Waals surface area (Å²) in [4.78, 5) is 25.4. The zero-order valence-corrected chi connectivity index (χ0v) is 11.5. The first-order valence-corrected chi connectivity index (χ1v) is 6.98. The van der Waals surface area contributed by atoms with E-state index in [1.165, 1.54) is 0 Å². The lowest BCUT2D eigenvalue weighted by Gasteiger charge is -2.27. The van der Waals surface area contributed by atoms with Crippen molar-refractivity contribution in [1.82, 2.24) is 10.4 Å². The molecule has 0 spiro atoms. The Morgan fingerprint density at radius 3 is 2.79 bits per heavy atom. The first kappa shape index (κ1) is 15.9. The monoisotopic (exact) mass is 272 g/mol. The third-order valence-corrected chi connectivity index (χ3v) is 3.68. The highest BCUT2D eigenvalue weighted by atomic mass is 16.5. The summed E-state index contributed by atoms with van der Waals surface area (Å²) in [6.45, 7) is 2.64. The van der Waals surface area contributed by atoms with Crippen molar-refractivity contribution in [1.29, 1.82) is 0 Å². The summed E-state index contributed by atoms with van der Waals surface area (Å²) < 4.78 is 0. The van der Waals surface area contributed by atoms with Crippen LogP contribution in [0.1, 0.15) is 45.4 Å². The average Bonchev–Trinajstić information content (AvgIpc) is 2.90. The van der Waals surface area contributed by atoms with Crippen LogP contribution in [0, 0.1) is 5.92 Å². The molecule has 1 fully saturated rings. The number of nitrogens with one attached hydrogen (secondary N) is 1. The number of rotatable bonds is 7. The number of aliphatic hydroxyl groups is 1. The van der Waals surface area contributed by atoms with Gasteiger partial charge in [-0.05, 0) is 19.3 Å². The number of unbranched alkanes of at least 4 members (excludes halogenated alkanes) is 1. The summed E-state index contributed by atoms with van der Waals surface area (Å²) >= 11 is 0. The maximum absolute atomic E-state index is 12.4. The van der Waals surface area contributed by atoms with Gasteiger partial charge in [0.1, 0.15) is 0 Å². The number of carbonyl (C=O) groups excluding carboxylic acids is 2. The first-order valence-electron chi connectivity index (χ1n) is 6.98. The van der Waals surface area contributed by atoms with E-state index >= 15 is 0 Å². The Labute approximate surface area is 113 Å². The molecule has 19 heavy (non-hydrogen) atoms. The van der Waals surface area contributed by atoms with E-state index < -0.39 is 11.8 Å². The molecule has 1 heterocycles. The minimum absolute atomic E-state index is 0.00395. The Bertz CT molecular complexity index is 309. The largest absolute Gasteiger partial charge is 0.394 e. The van der Waals surface area contributed by atoms with Crippen LogP contribution in [0.2, 0.25) is 0 Å². The van der Waals surface area contributed by atoms with E-state index in [0.717, 1.165) is 25.7 Å². The van der Waals surface area contributed by atoms with Gasteiger partial charge in [-0.25, -0.2) is 5.48 Å². The smallest absolute Gasteiger partial charge is 0.244 e. The van der Waals surface area contributed by atoms with Crippen molar-refractivity contribution in [3.8, 4) is 0 Å². The van der Waals surface area contributed by atoms with Crippen molar-refractivity contribution < 1.29 is 19.9 Å². The Morgan fingerprint density at radius 2 is 2.21 bits per heavy atom. The summed E-state index contributed by atoms with van der Waals surface area (Å²) in [7, 11) is 0. The van der Waals surface area contributed by atoms with Crippen molar-refractivity contribution in [3.05, 3.63) is 0 Å². The zero-order valence-electron chi connectivity index (χ0n) is 11.5. The normalized spacial score (nSPS) is 20.4. The van der Waals surface area contributed by atoms with Crippen molar-refractivity contribution in [3.63, 3.8) is 0 Å². The van der Waals surface area contributed by atoms with E-state index in [-0.39, 0.29) is 25.0 Å². The highest BCUT2D eigenvalue weighted by molar-refractivity contribution is 5.85. The fourth-order valence-corrected chi connectivity index (χ4v) is 2.58. The molecule has 1 aliphatic heterocycles. The molecule has 110 valence electrons. The van der Waals surface area contributed by atoms with Crippen LogP contribution in [0.5, 0.6) is 0 Å². The Hall–Kier alpha value is -1.14. The quantitative estimate of drug-likeness (QED) is 0.469. The van der Waals surface area contributed by atoms with Crippen LogP contribution in [0.15, 0.2) is 0 Å². The van der Waals surface area contributed by atoms with Crippen LogP contribution in [0.3, 0.4) is 0 Å². The average molecular weight is 272 g/mol. The van der Waals surface area contributed by atoms with E-state index in [4.69, 9.17) is 5.21 Å². The molecule has 6 heteroatoms. The lowest BCUT2D eigenvalue weighted by molar-refractivity contribution is -0.141. The van der Waals surface area contributed by atoms with Gasteiger partial charge in [-0.3, -0.25) is 14.8 Å². The third kappa shape index (κ3) is 4.47. The standard InChI is InChI=1S/C13H24N2O4/c1-2-3-5-10(8-12(17)14-19)13(18)15-7-4-6-11(15)9-16/h10-11,16,19H,2-9H2,1H3,(H,14,17)/t10-,11?/m1/s1. The van der Waals surface area contributed by atoms with E-state index in [1.54, 1.807) is 10.4 Å². The Morgan fingerprint density at radius 1 is 1.47 bits per heavy atom. The van der Waals surface area contributed by atoms with Crippen molar-refractivity contribution in [2.45, 2.75) is 51.5 Å². The molecule has 2 amide bonds. The molecule has 0 aromatic carbocycles. The summed E-state index contributed by atoms with van der Waals surface area (Å²) in [6, 6.07) is -0.117. The fourth-order valence-electron chi connectivity index (χ4n) is 2.58. The molecule has 1 unspecified atom stereocenters. The number of amides is 2. The van der Waals surface area contributed by atoms with E-state index in [1.807, 2.05) is 6.92 Å². The predicted octanol–water partition coefficient (Wildman–Crippen LogP) is 0.672. The number of likely N-dealkylation sites (tertiary alicyclic amines) is 1. The second-order valence-corrected chi connectivity index (χ2v) is 5.09. The molecule has 1 saturated heterocycles. The SMILES string of the molecule is CCCC[C@H](CC(=O)NO)C(=O)N1CCCC1CO. The topological polar surface area (TPSA) is 89.9 Å². The number of hydrogen-bond acceptors (Lipinski definition) is 4. The van der Waals surface area contributed by atoms with Gasteiger partial charge in [-0.1, -0.05) is 19.8 Å². The Balaban J connectivity index is 2.66. The molecule has 1 aliphatic rings. The highest BCUT2D eigenvalue weighted by Crippen LogP contribution is 2.23. The van der Waals surface area contributed by atoms with Crippen LogP contribution in [-0.2, 0) is 9.59 Å². The van der Waals surface area contributed by atoms with Crippen LogP contribution >= 0.6 is 0 Å². The van der Waals surface area contributed by atoms with Crippen molar-refractivity contribution >= 4 is 11.8 Å². The molecule has 2 atom stereocenters. The third-order valence-electron chi connectivity index (χ3n) is 3.68. The number of nitrogens with zero attached hydrogens (tertiary/aromatic N) is 1. The summed E-state index contributed by atoms with van der Waals surface area (Å²) in [5, 5.41) is 17.8. The lowest BCUT2D eigenvalue weighted by atomic mass is 9.96. The first-order chi connectivity index (χ1) is 9.13. The zero-order chi connectivity index (χ0) is 14.3. The van der Waals surface area contributed by atoms with Gasteiger partial charge in [0.15, 0.2) is 0 Å². The van der Waals surface area contributed by atoms with Gasteiger partial charge < -0.3 is 10.0 Å². The van der Waals surface area contributed by atoms with Crippen molar-refractivity contribution in [2.75, 3.05) is 13.2 Å². The summed E-state index contributed by atoms with van der Waals surface area (Å²) in [5.74, 6) is -1.01. The molecule has 0 saturated carbocycles. The molecular formula is C13H24N2O4. The van der Waals surface area contributed by atoms with Gasteiger partial charge in [0, 0.05) is 18.9 Å². The number of hydrogen-bond donors (Lipinski definition) is 3. The molecule has 0 aromatic heterocycles. The number of hydroxylamine groups is 1. The van der Waals surface area contributed by atoms with Gasteiger partial charge in [-0.2, -0.15) is 0 Å². The van der Waals surface area contributed by atoms with Crippen LogP contribution in [-0.4, -0.2) is 46.2 Å². The number of carbonyl (C=O) groups is 2. The lowest BCUT2D eigenvalue weighted by Crippen LogP contribution is -2.42. The maximum Gasteiger partial charge on any atom is 0.244 e. The predicted molar refractivity (Wildman–Crippen MR) is 69.4 cm³/mol. The molecule has 0 radical (unpaired) electrons. The highest BCUT2D eigenvalue weighted by Gasteiger charge is 2.33. The molecule has 0 aliphatic carbocycles. The van der Waals surface area contributed by atoms with Gasteiger partial charge in [0.2, 0.25) is 11.8 Å². The van der Waals surface area contributed by atoms with Crippen LogP contribution in [0.4, 0.5) is 0 Å². The van der Waals surface area contributed by atoms with Crippen LogP contribution < -0.4 is 5.48 Å². The minimum Gasteiger partial charge on any atom is -0.394 e. The molecule has 0 aromatic rings. The Kier molecular flexibility index (Phi) is 6.80. The second-order valence-electron chi connectivity index (χ2n) is 5.09. The second kappa shape index (κ2) is 8.12. The molecular weight excluding hydrogens is 248 g/mol. The van der Waals surface area contributed by atoms with Crippen LogP contribution in [0.25, 0.3) is 0 Å². The van der Waals surface area contributed by atoms with Gasteiger partial charge >= 0.3 is 0 Å². The molecule has 1 rings (SSSR count). The molecule has 6 nitrogen and oxygen atoms in total. The summed E-state index contributed by atoms with van der Waals surface area (Å²) in [5.41, 5.74) is 1.58. The van der Waals surface area contributed by atoms with Gasteiger partial charge in [0.05, 0.1) is 12.6 Å². The van der Waals surface area contributed by atoms with E-state index in [9.17, 15) is 14.7 Å². The van der Waals surface area contributed by atoms with E-state index in [2.05, 4.69) is 0 Å². The summed E-state index contributed by atoms with van der Waals surface area (Å²) in [6.07, 6.45) is 4.17. The van der Waals surface area contributed by atoms with Gasteiger partial charge in [-0.15, -0.1) is 0 Å². The number of aliphatic hydroxyl groups excluding tert-OH is 1.